The number of hydrogen-bond donors (Lipinski definition) is 1. The van der Waals surface area contributed by atoms with Crippen LogP contribution in [0.2, 0.25) is 0 Å². The van der Waals surface area contributed by atoms with Gasteiger partial charge in [0.05, 0.1) is 5.69 Å². The van der Waals surface area contributed by atoms with Crippen LogP contribution in [0.25, 0.3) is 0 Å². The maximum Gasteiger partial charge on any atom is 0.248 e. The zero-order valence-electron chi connectivity index (χ0n) is 17.6. The summed E-state index contributed by atoms with van der Waals surface area (Å²) in [5, 5.41) is 3.09. The number of anilines is 1. The summed E-state index contributed by atoms with van der Waals surface area (Å²) in [5.74, 6) is 0. The minimum absolute atomic E-state index is 0.366. The highest BCUT2D eigenvalue weighted by molar-refractivity contribution is 5.46. The SMILES string of the molecule is CCCCCCCCN(CCCCCCOC)CCCNc1cc(=O)c1=O. The van der Waals surface area contributed by atoms with Crippen molar-refractivity contribution < 1.29 is 4.74 Å². The van der Waals surface area contributed by atoms with Gasteiger partial charge in [-0.1, -0.05) is 51.9 Å². The topological polar surface area (TPSA) is 58.6 Å². The van der Waals surface area contributed by atoms with Crippen molar-refractivity contribution in [2.75, 3.05) is 45.2 Å². The summed E-state index contributed by atoms with van der Waals surface area (Å²) in [6.45, 7) is 7.25. The van der Waals surface area contributed by atoms with E-state index >= 15 is 0 Å². The second kappa shape index (κ2) is 15.8. The van der Waals surface area contributed by atoms with Crippen LogP contribution in [0.15, 0.2) is 15.7 Å². The normalized spacial score (nSPS) is 11.5. The van der Waals surface area contributed by atoms with Crippen molar-refractivity contribution >= 4 is 5.69 Å². The lowest BCUT2D eigenvalue weighted by molar-refractivity contribution is 0.190. The van der Waals surface area contributed by atoms with Crippen LogP contribution in [0.5, 0.6) is 0 Å². The lowest BCUT2D eigenvalue weighted by Gasteiger charge is -2.22. The Morgan fingerprint density at radius 1 is 0.852 bits per heavy atom. The van der Waals surface area contributed by atoms with Gasteiger partial charge in [-0.05, 0) is 45.3 Å². The first-order valence-electron chi connectivity index (χ1n) is 10.9. The summed E-state index contributed by atoms with van der Waals surface area (Å²) in [6, 6.07) is 1.40. The fourth-order valence-corrected chi connectivity index (χ4v) is 3.36. The van der Waals surface area contributed by atoms with Crippen LogP contribution in [0.3, 0.4) is 0 Å². The fourth-order valence-electron chi connectivity index (χ4n) is 3.36. The first-order valence-corrected chi connectivity index (χ1v) is 10.9. The van der Waals surface area contributed by atoms with E-state index in [2.05, 4.69) is 17.1 Å². The molecule has 0 aliphatic rings. The second-order valence-electron chi connectivity index (χ2n) is 7.55. The minimum atomic E-state index is -0.379. The van der Waals surface area contributed by atoms with Crippen molar-refractivity contribution in [3.8, 4) is 0 Å². The lowest BCUT2D eigenvalue weighted by atomic mass is 10.1. The van der Waals surface area contributed by atoms with Gasteiger partial charge >= 0.3 is 0 Å². The molecule has 27 heavy (non-hydrogen) atoms. The highest BCUT2D eigenvalue weighted by Crippen LogP contribution is 2.08. The van der Waals surface area contributed by atoms with Gasteiger partial charge in [-0.3, -0.25) is 9.59 Å². The van der Waals surface area contributed by atoms with Crippen LogP contribution >= 0.6 is 0 Å². The average molecular weight is 381 g/mol. The molecule has 0 unspecified atom stereocenters. The van der Waals surface area contributed by atoms with Gasteiger partial charge in [-0.15, -0.1) is 0 Å². The van der Waals surface area contributed by atoms with Gasteiger partial charge in [0.25, 0.3) is 0 Å². The Bertz CT molecular complexity index is 522. The molecule has 0 fully saturated rings. The van der Waals surface area contributed by atoms with Crippen molar-refractivity contribution in [1.82, 2.24) is 4.90 Å². The molecule has 5 nitrogen and oxygen atoms in total. The number of methoxy groups -OCH3 is 1. The van der Waals surface area contributed by atoms with Crippen LogP contribution in [0.1, 0.15) is 77.6 Å². The quantitative estimate of drug-likeness (QED) is 0.291. The summed E-state index contributed by atoms with van der Waals surface area (Å²) in [7, 11) is 1.76. The summed E-state index contributed by atoms with van der Waals surface area (Å²) < 4.78 is 5.11. The Morgan fingerprint density at radius 2 is 1.44 bits per heavy atom. The first kappa shape index (κ1) is 23.8. The van der Waals surface area contributed by atoms with Gasteiger partial charge in [0.1, 0.15) is 0 Å². The van der Waals surface area contributed by atoms with Crippen LogP contribution in [0, 0.1) is 0 Å². The Kier molecular flexibility index (Phi) is 14.0. The molecule has 1 rings (SSSR count). The molecule has 1 N–H and O–H groups in total. The molecule has 0 amide bonds. The molecule has 0 spiro atoms. The summed E-state index contributed by atoms with van der Waals surface area (Å²) >= 11 is 0. The monoisotopic (exact) mass is 380 g/mol. The molecule has 0 radical (unpaired) electrons. The zero-order valence-corrected chi connectivity index (χ0v) is 17.6. The van der Waals surface area contributed by atoms with E-state index in [9.17, 15) is 9.59 Å². The van der Waals surface area contributed by atoms with Crippen molar-refractivity contribution in [2.45, 2.75) is 77.6 Å². The van der Waals surface area contributed by atoms with Gasteiger partial charge in [0.15, 0.2) is 0 Å². The third-order valence-corrected chi connectivity index (χ3v) is 5.11. The van der Waals surface area contributed by atoms with Gasteiger partial charge in [-0.25, -0.2) is 0 Å². The molecular formula is C22H40N2O3. The summed E-state index contributed by atoms with van der Waals surface area (Å²) in [6.07, 6.45) is 13.9. The third-order valence-electron chi connectivity index (χ3n) is 5.11. The van der Waals surface area contributed by atoms with Gasteiger partial charge in [-0.2, -0.15) is 0 Å². The fraction of sp³-hybridized carbons (Fsp3) is 0.818. The Morgan fingerprint density at radius 3 is 2.04 bits per heavy atom. The summed E-state index contributed by atoms with van der Waals surface area (Å²) in [4.78, 5) is 24.8. The maximum atomic E-state index is 11.3. The molecule has 1 aromatic carbocycles. The van der Waals surface area contributed by atoms with Crippen LogP contribution in [-0.4, -0.2) is 44.8 Å². The van der Waals surface area contributed by atoms with E-state index < -0.39 is 0 Å². The van der Waals surface area contributed by atoms with Gasteiger partial charge < -0.3 is 15.0 Å². The standard InChI is InChI=1S/C22H40N2O3/c1-3-4-5-6-7-10-15-24(16-11-8-9-12-18-27-2)17-13-14-23-20-19-21(25)22(20)26/h19,23H,3-18H2,1-2H3. The van der Waals surface area contributed by atoms with E-state index in [0.717, 1.165) is 39.1 Å². The van der Waals surface area contributed by atoms with Crippen LogP contribution in [0.4, 0.5) is 5.69 Å². The zero-order chi connectivity index (χ0) is 19.7. The predicted octanol–water partition coefficient (Wildman–Crippen LogP) is 3.95. The highest BCUT2D eigenvalue weighted by Gasteiger charge is 2.09. The number of hydrogen-bond acceptors (Lipinski definition) is 5. The number of nitrogens with one attached hydrogen (secondary N) is 1. The van der Waals surface area contributed by atoms with Crippen molar-refractivity contribution in [3.63, 3.8) is 0 Å². The van der Waals surface area contributed by atoms with E-state index in [-0.39, 0.29) is 10.9 Å². The molecule has 0 aliphatic carbocycles. The van der Waals surface area contributed by atoms with E-state index in [1.807, 2.05) is 0 Å². The molecule has 0 aliphatic heterocycles. The molecule has 0 aromatic heterocycles. The highest BCUT2D eigenvalue weighted by atomic mass is 16.5. The molecule has 0 bridgehead atoms. The third kappa shape index (κ3) is 11.3. The molecule has 0 heterocycles. The van der Waals surface area contributed by atoms with E-state index in [0.29, 0.717) is 5.69 Å². The molecular weight excluding hydrogens is 340 g/mol. The molecule has 5 heteroatoms. The number of unbranched alkanes of at least 4 members (excludes halogenated alkanes) is 8. The number of ether oxygens (including phenoxy) is 1. The van der Waals surface area contributed by atoms with Crippen LogP contribution < -0.4 is 16.2 Å². The molecule has 0 atom stereocenters. The van der Waals surface area contributed by atoms with Crippen LogP contribution in [-0.2, 0) is 4.74 Å². The summed E-state index contributed by atoms with van der Waals surface area (Å²) in [5.41, 5.74) is -0.258. The van der Waals surface area contributed by atoms with Crippen molar-refractivity contribution in [3.05, 3.63) is 26.5 Å². The largest absolute Gasteiger partial charge is 0.385 e. The molecule has 156 valence electrons. The maximum absolute atomic E-state index is 11.3. The Balaban J connectivity index is 2.19. The molecule has 1 aromatic rings. The first-order chi connectivity index (χ1) is 13.2. The predicted molar refractivity (Wildman–Crippen MR) is 115 cm³/mol. The van der Waals surface area contributed by atoms with E-state index in [1.165, 1.54) is 70.4 Å². The second-order valence-corrected chi connectivity index (χ2v) is 7.55. The molecule has 0 saturated heterocycles. The van der Waals surface area contributed by atoms with Gasteiger partial charge in [0, 0.05) is 26.3 Å². The Labute approximate surface area is 165 Å². The van der Waals surface area contributed by atoms with Crippen molar-refractivity contribution in [1.29, 1.82) is 0 Å². The lowest BCUT2D eigenvalue weighted by Crippen LogP contribution is -2.33. The van der Waals surface area contributed by atoms with E-state index in [4.69, 9.17) is 4.74 Å². The smallest absolute Gasteiger partial charge is 0.248 e. The molecule has 0 saturated carbocycles. The van der Waals surface area contributed by atoms with Gasteiger partial charge in [0.2, 0.25) is 10.9 Å². The van der Waals surface area contributed by atoms with Crippen molar-refractivity contribution in [2.24, 2.45) is 0 Å². The minimum Gasteiger partial charge on any atom is -0.385 e. The average Bonchev–Trinajstić information content (AvgIpc) is 2.68. The number of rotatable bonds is 19. The Hall–Kier alpha value is -1.20. The number of nitrogens with zero attached hydrogens (tertiary/aromatic N) is 1. The van der Waals surface area contributed by atoms with E-state index in [1.54, 1.807) is 7.11 Å².